The lowest BCUT2D eigenvalue weighted by Gasteiger charge is -2.39. The van der Waals surface area contributed by atoms with Crippen molar-refractivity contribution in [3.05, 3.63) is 64.9 Å². The third-order valence-corrected chi connectivity index (χ3v) is 12.5. The molecule has 0 bridgehead atoms. The Hall–Kier alpha value is -2.52. The molecule has 1 amide bonds. The smallest absolute Gasteiger partial charge is 0.259 e. The standard InChI is InChI=1S/C29H37Cl2N3O4Si/c1-29(2,3)39(5,6)38-27(19-7-8-19)18-37-25-14-11-21(15-26(25)36-4)32-28(35)23-17-34(33-24(23)16-30)22-12-9-20(31)10-13-22/h9-15,17,19,27H,7-8,16,18H2,1-6H3,(H,32,35)/t27-/m0/s1. The largest absolute Gasteiger partial charge is 0.493 e. The van der Waals surface area contributed by atoms with E-state index >= 15 is 0 Å². The van der Waals surface area contributed by atoms with Crippen LogP contribution < -0.4 is 14.8 Å². The van der Waals surface area contributed by atoms with Gasteiger partial charge in [0.15, 0.2) is 19.8 Å². The molecule has 2 aromatic carbocycles. The van der Waals surface area contributed by atoms with E-state index < -0.39 is 8.32 Å². The highest BCUT2D eigenvalue weighted by molar-refractivity contribution is 6.74. The summed E-state index contributed by atoms with van der Waals surface area (Å²) in [6.07, 6.45) is 4.06. The van der Waals surface area contributed by atoms with Crippen molar-refractivity contribution in [2.24, 2.45) is 5.92 Å². The fourth-order valence-electron chi connectivity index (χ4n) is 3.95. The molecule has 0 spiro atoms. The van der Waals surface area contributed by atoms with Gasteiger partial charge in [0, 0.05) is 23.0 Å². The highest BCUT2D eigenvalue weighted by Crippen LogP contribution is 2.42. The lowest BCUT2D eigenvalue weighted by Crippen LogP contribution is -2.46. The molecular weight excluding hydrogens is 553 g/mol. The predicted molar refractivity (Wildman–Crippen MR) is 159 cm³/mol. The maximum atomic E-state index is 13.2. The van der Waals surface area contributed by atoms with Gasteiger partial charge in [-0.25, -0.2) is 4.68 Å². The van der Waals surface area contributed by atoms with Gasteiger partial charge in [-0.15, -0.1) is 11.6 Å². The summed E-state index contributed by atoms with van der Waals surface area (Å²) in [5.41, 5.74) is 2.20. The van der Waals surface area contributed by atoms with E-state index in [2.05, 4.69) is 44.3 Å². The van der Waals surface area contributed by atoms with Crippen LogP contribution in [-0.2, 0) is 10.3 Å². The minimum Gasteiger partial charge on any atom is -0.493 e. The van der Waals surface area contributed by atoms with Gasteiger partial charge in [0.1, 0.15) is 6.61 Å². The molecule has 1 heterocycles. The van der Waals surface area contributed by atoms with Crippen LogP contribution in [0.25, 0.3) is 5.69 Å². The van der Waals surface area contributed by atoms with Crippen molar-refractivity contribution in [1.82, 2.24) is 9.78 Å². The Morgan fingerprint density at radius 1 is 1.15 bits per heavy atom. The average Bonchev–Trinajstić information content (AvgIpc) is 3.64. The Labute approximate surface area is 241 Å². The van der Waals surface area contributed by atoms with Crippen LogP contribution in [0.4, 0.5) is 5.69 Å². The van der Waals surface area contributed by atoms with Crippen LogP contribution in [0.3, 0.4) is 0 Å². The van der Waals surface area contributed by atoms with E-state index in [1.807, 2.05) is 18.2 Å². The molecule has 1 atom stereocenters. The maximum absolute atomic E-state index is 13.2. The first-order valence-electron chi connectivity index (χ1n) is 13.1. The number of methoxy groups -OCH3 is 1. The van der Waals surface area contributed by atoms with Crippen molar-refractivity contribution in [3.8, 4) is 17.2 Å². The quantitative estimate of drug-likeness (QED) is 0.183. The van der Waals surface area contributed by atoms with Crippen LogP contribution in [-0.4, -0.2) is 43.8 Å². The number of hydrogen-bond donors (Lipinski definition) is 1. The van der Waals surface area contributed by atoms with Gasteiger partial charge in [-0.05, 0) is 73.3 Å². The van der Waals surface area contributed by atoms with Gasteiger partial charge in [-0.3, -0.25) is 4.79 Å². The molecule has 0 aliphatic heterocycles. The first kappa shape index (κ1) is 29.5. The highest BCUT2D eigenvalue weighted by atomic mass is 35.5. The number of ether oxygens (including phenoxy) is 2. The van der Waals surface area contributed by atoms with Crippen LogP contribution in [0.15, 0.2) is 48.7 Å². The van der Waals surface area contributed by atoms with Crippen molar-refractivity contribution in [2.75, 3.05) is 19.0 Å². The minimum absolute atomic E-state index is 0.0566. The number of aromatic nitrogens is 2. The van der Waals surface area contributed by atoms with E-state index in [4.69, 9.17) is 37.1 Å². The molecule has 39 heavy (non-hydrogen) atoms. The van der Waals surface area contributed by atoms with Crippen LogP contribution >= 0.6 is 23.2 Å². The second kappa shape index (κ2) is 11.9. The average molecular weight is 591 g/mol. The first-order valence-corrected chi connectivity index (χ1v) is 16.9. The highest BCUT2D eigenvalue weighted by Gasteiger charge is 2.43. The van der Waals surface area contributed by atoms with Gasteiger partial charge in [0.25, 0.3) is 5.91 Å². The van der Waals surface area contributed by atoms with Gasteiger partial charge in [-0.1, -0.05) is 32.4 Å². The van der Waals surface area contributed by atoms with Crippen molar-refractivity contribution in [3.63, 3.8) is 0 Å². The molecular formula is C29H37Cl2N3O4Si. The Kier molecular flexibility index (Phi) is 9.00. The number of halogens is 2. The molecule has 0 saturated heterocycles. The Balaban J connectivity index is 1.45. The second-order valence-electron chi connectivity index (χ2n) is 11.4. The molecule has 10 heteroatoms. The predicted octanol–water partition coefficient (Wildman–Crippen LogP) is 7.70. The summed E-state index contributed by atoms with van der Waals surface area (Å²) in [6.45, 7) is 11.8. The van der Waals surface area contributed by atoms with E-state index in [0.29, 0.717) is 46.0 Å². The third-order valence-electron chi connectivity index (χ3n) is 7.48. The van der Waals surface area contributed by atoms with Crippen molar-refractivity contribution in [2.45, 2.75) is 63.7 Å². The molecule has 1 aliphatic rings. The monoisotopic (exact) mass is 589 g/mol. The van der Waals surface area contributed by atoms with E-state index in [9.17, 15) is 4.79 Å². The number of anilines is 1. The molecule has 0 radical (unpaired) electrons. The number of amides is 1. The molecule has 4 rings (SSSR count). The van der Waals surface area contributed by atoms with E-state index in [0.717, 1.165) is 5.69 Å². The van der Waals surface area contributed by atoms with Crippen LogP contribution in [0, 0.1) is 5.92 Å². The van der Waals surface area contributed by atoms with Crippen molar-refractivity contribution >= 4 is 43.1 Å². The van der Waals surface area contributed by atoms with Gasteiger partial charge in [0.05, 0.1) is 36.0 Å². The molecule has 1 aliphatic carbocycles. The van der Waals surface area contributed by atoms with E-state index in [1.54, 1.807) is 42.3 Å². The lowest BCUT2D eigenvalue weighted by molar-refractivity contribution is 0.0959. The van der Waals surface area contributed by atoms with Crippen LogP contribution in [0.5, 0.6) is 11.5 Å². The molecule has 210 valence electrons. The number of carbonyl (C=O) groups excluding carboxylic acids is 1. The zero-order valence-corrected chi connectivity index (χ0v) is 25.9. The number of nitrogens with zero attached hydrogens (tertiary/aromatic N) is 2. The zero-order valence-electron chi connectivity index (χ0n) is 23.4. The minimum atomic E-state index is -1.92. The summed E-state index contributed by atoms with van der Waals surface area (Å²) in [7, 11) is -0.338. The fourth-order valence-corrected chi connectivity index (χ4v) is 5.64. The van der Waals surface area contributed by atoms with Gasteiger partial charge >= 0.3 is 0 Å². The van der Waals surface area contributed by atoms with E-state index in [1.165, 1.54) is 12.8 Å². The summed E-state index contributed by atoms with van der Waals surface area (Å²) in [4.78, 5) is 13.2. The molecule has 3 aromatic rings. The van der Waals surface area contributed by atoms with Crippen LogP contribution in [0.1, 0.15) is 49.7 Å². The summed E-state index contributed by atoms with van der Waals surface area (Å²) >= 11 is 12.1. The maximum Gasteiger partial charge on any atom is 0.259 e. The summed E-state index contributed by atoms with van der Waals surface area (Å²) in [5, 5.41) is 8.14. The Bertz CT molecular complexity index is 1300. The van der Waals surface area contributed by atoms with Crippen molar-refractivity contribution < 1.29 is 18.7 Å². The molecule has 1 fully saturated rings. The van der Waals surface area contributed by atoms with E-state index in [-0.39, 0.29) is 22.9 Å². The number of carbonyl (C=O) groups is 1. The molecule has 1 aromatic heterocycles. The van der Waals surface area contributed by atoms with Gasteiger partial charge in [-0.2, -0.15) is 5.10 Å². The van der Waals surface area contributed by atoms with Gasteiger partial charge in [0.2, 0.25) is 0 Å². The molecule has 7 nitrogen and oxygen atoms in total. The summed E-state index contributed by atoms with van der Waals surface area (Å²) in [5.74, 6) is 1.45. The van der Waals surface area contributed by atoms with Crippen LogP contribution in [0.2, 0.25) is 23.2 Å². The van der Waals surface area contributed by atoms with Crippen molar-refractivity contribution in [1.29, 1.82) is 0 Å². The number of alkyl halides is 1. The number of benzene rings is 2. The SMILES string of the molecule is COc1cc(NC(=O)c2cn(-c3ccc(Cl)cc3)nc2CCl)ccc1OC[C@H](O[Si](C)(C)C(C)(C)C)C1CC1. The lowest BCUT2D eigenvalue weighted by atomic mass is 10.2. The molecule has 1 N–H and O–H groups in total. The second-order valence-corrected chi connectivity index (χ2v) is 16.9. The topological polar surface area (TPSA) is 74.6 Å². The Morgan fingerprint density at radius 2 is 1.85 bits per heavy atom. The number of nitrogens with one attached hydrogen (secondary N) is 1. The zero-order chi connectivity index (χ0) is 28.4. The summed E-state index contributed by atoms with van der Waals surface area (Å²) in [6, 6.07) is 12.5. The normalized spacial score (nSPS) is 14.7. The van der Waals surface area contributed by atoms with Gasteiger partial charge < -0.3 is 19.2 Å². The fraction of sp³-hybridized carbons (Fsp3) is 0.448. The molecule has 0 unspecified atom stereocenters. The Morgan fingerprint density at radius 3 is 2.44 bits per heavy atom. The number of hydrogen-bond acceptors (Lipinski definition) is 5. The third kappa shape index (κ3) is 7.17. The number of rotatable bonds is 11. The summed E-state index contributed by atoms with van der Waals surface area (Å²) < 4.78 is 20.1. The molecule has 1 saturated carbocycles. The first-order chi connectivity index (χ1) is 18.4.